The summed E-state index contributed by atoms with van der Waals surface area (Å²) in [6, 6.07) is 2.67. The van der Waals surface area contributed by atoms with Gasteiger partial charge in [-0.2, -0.15) is 5.26 Å². The number of nitriles is 1. The lowest BCUT2D eigenvalue weighted by molar-refractivity contribution is 0.00597. The van der Waals surface area contributed by atoms with Gasteiger partial charge in [-0.1, -0.05) is 0 Å². The highest BCUT2D eigenvalue weighted by atomic mass is 19.1. The van der Waals surface area contributed by atoms with Gasteiger partial charge >= 0.3 is 0 Å². The Bertz CT molecular complexity index is 259. The number of likely N-dealkylation sites (tertiary alicyclic amines) is 1. The van der Waals surface area contributed by atoms with Crippen molar-refractivity contribution in [3.05, 3.63) is 0 Å². The van der Waals surface area contributed by atoms with Gasteiger partial charge in [-0.3, -0.25) is 4.90 Å². The molecule has 84 valence electrons. The molecule has 0 aromatic rings. The number of alkyl halides is 1. The number of rotatable bonds is 2. The molecule has 0 radical (unpaired) electrons. The van der Waals surface area contributed by atoms with Gasteiger partial charge in [0.1, 0.15) is 6.17 Å². The Morgan fingerprint density at radius 3 is 2.47 bits per heavy atom. The van der Waals surface area contributed by atoms with E-state index >= 15 is 0 Å². The molecule has 2 fully saturated rings. The van der Waals surface area contributed by atoms with Crippen LogP contribution in [0.2, 0.25) is 0 Å². The van der Waals surface area contributed by atoms with Crippen LogP contribution in [0.25, 0.3) is 0 Å². The highest BCUT2D eigenvalue weighted by molar-refractivity contribution is 4.99. The van der Waals surface area contributed by atoms with E-state index in [0.29, 0.717) is 25.6 Å². The zero-order chi connectivity index (χ0) is 10.9. The fourth-order valence-corrected chi connectivity index (χ4v) is 2.63. The summed E-state index contributed by atoms with van der Waals surface area (Å²) in [5.74, 6) is 0. The fraction of sp³-hybridized carbons (Fsp3) is 0.909. The minimum absolute atomic E-state index is 0.273. The van der Waals surface area contributed by atoms with Gasteiger partial charge in [0, 0.05) is 24.7 Å². The van der Waals surface area contributed by atoms with Crippen LogP contribution in [-0.4, -0.2) is 35.7 Å². The van der Waals surface area contributed by atoms with Crippen LogP contribution in [0.4, 0.5) is 4.39 Å². The van der Waals surface area contributed by atoms with Crippen molar-refractivity contribution in [1.82, 2.24) is 4.90 Å². The molecule has 1 aliphatic heterocycles. The smallest absolute Gasteiger partial charge is 0.125 e. The van der Waals surface area contributed by atoms with Crippen LogP contribution in [0.5, 0.6) is 0 Å². The van der Waals surface area contributed by atoms with Crippen molar-refractivity contribution in [2.45, 2.75) is 49.9 Å². The summed E-state index contributed by atoms with van der Waals surface area (Å²) in [6.45, 7) is 1.20. The highest BCUT2D eigenvalue weighted by Gasteiger charge is 2.38. The van der Waals surface area contributed by atoms with Crippen molar-refractivity contribution in [3.63, 3.8) is 0 Å². The molecule has 4 heteroatoms. The number of hydrogen-bond donors (Lipinski definition) is 1. The summed E-state index contributed by atoms with van der Waals surface area (Å²) in [6.07, 6.45) is 3.67. The molecule has 0 unspecified atom stereocenters. The predicted octanol–water partition coefficient (Wildman–Crippen LogP) is 1.19. The maximum Gasteiger partial charge on any atom is 0.125 e. The third-order valence-electron chi connectivity index (χ3n) is 3.76. The van der Waals surface area contributed by atoms with Crippen molar-refractivity contribution in [2.75, 3.05) is 13.1 Å². The Hall–Kier alpha value is -0.660. The molecule has 1 saturated carbocycles. The molecule has 0 aromatic heterocycles. The third kappa shape index (κ3) is 2.30. The van der Waals surface area contributed by atoms with E-state index in [1.54, 1.807) is 0 Å². The van der Waals surface area contributed by atoms with Crippen LogP contribution in [-0.2, 0) is 0 Å². The lowest BCUT2D eigenvalue weighted by Crippen LogP contribution is -2.56. The van der Waals surface area contributed by atoms with Crippen LogP contribution >= 0.6 is 0 Å². The molecule has 0 aromatic carbocycles. The van der Waals surface area contributed by atoms with Gasteiger partial charge in [0.2, 0.25) is 0 Å². The SMILES string of the molecule is N#CCC1(N)CCC(N2CC(F)C2)CC1. The van der Waals surface area contributed by atoms with E-state index in [1.165, 1.54) is 0 Å². The second kappa shape index (κ2) is 4.07. The van der Waals surface area contributed by atoms with Gasteiger partial charge in [0.05, 0.1) is 12.5 Å². The standard InChI is InChI=1S/C11H18FN3/c12-9-7-15(8-9)10-1-3-11(14,4-2-10)5-6-13/h9-10H,1-5,7-8,14H2. The zero-order valence-electron chi connectivity index (χ0n) is 8.95. The minimum atomic E-state index is -0.617. The number of nitrogens with two attached hydrogens (primary N) is 1. The number of nitrogens with zero attached hydrogens (tertiary/aromatic N) is 2. The minimum Gasteiger partial charge on any atom is -0.324 e. The van der Waals surface area contributed by atoms with Crippen LogP contribution in [0.1, 0.15) is 32.1 Å². The molecule has 1 heterocycles. The van der Waals surface area contributed by atoms with Gasteiger partial charge in [0.25, 0.3) is 0 Å². The van der Waals surface area contributed by atoms with Gasteiger partial charge in [-0.25, -0.2) is 4.39 Å². The maximum absolute atomic E-state index is 12.7. The predicted molar refractivity (Wildman–Crippen MR) is 55.9 cm³/mol. The van der Waals surface area contributed by atoms with Crippen molar-refractivity contribution >= 4 is 0 Å². The Kier molecular flexibility index (Phi) is 2.94. The van der Waals surface area contributed by atoms with E-state index in [1.807, 2.05) is 0 Å². The molecule has 1 aliphatic carbocycles. The first-order valence-electron chi connectivity index (χ1n) is 5.67. The quantitative estimate of drug-likeness (QED) is 0.746. The molecule has 1 saturated heterocycles. The average molecular weight is 211 g/mol. The summed E-state index contributed by atoms with van der Waals surface area (Å²) in [5.41, 5.74) is 5.83. The van der Waals surface area contributed by atoms with Gasteiger partial charge in [-0.15, -0.1) is 0 Å². The van der Waals surface area contributed by atoms with Crippen molar-refractivity contribution in [3.8, 4) is 6.07 Å². The Morgan fingerprint density at radius 1 is 1.40 bits per heavy atom. The van der Waals surface area contributed by atoms with Gasteiger partial charge < -0.3 is 5.73 Å². The fourth-order valence-electron chi connectivity index (χ4n) is 2.63. The molecule has 2 N–H and O–H groups in total. The molecule has 2 rings (SSSR count). The molecule has 3 nitrogen and oxygen atoms in total. The molecule has 0 atom stereocenters. The molecular weight excluding hydrogens is 193 g/mol. The third-order valence-corrected chi connectivity index (χ3v) is 3.76. The van der Waals surface area contributed by atoms with E-state index < -0.39 is 6.17 Å². The van der Waals surface area contributed by atoms with E-state index in [4.69, 9.17) is 11.0 Å². The van der Waals surface area contributed by atoms with E-state index in [9.17, 15) is 4.39 Å². The Labute approximate surface area is 90.0 Å². The van der Waals surface area contributed by atoms with E-state index in [2.05, 4.69) is 11.0 Å². The lowest BCUT2D eigenvalue weighted by atomic mass is 9.77. The van der Waals surface area contributed by atoms with Gasteiger partial charge in [-0.05, 0) is 25.7 Å². The number of hydrogen-bond acceptors (Lipinski definition) is 3. The Balaban J connectivity index is 1.80. The number of halogens is 1. The summed E-state index contributed by atoms with van der Waals surface area (Å²) in [4.78, 5) is 2.20. The van der Waals surface area contributed by atoms with Crippen LogP contribution in [0.3, 0.4) is 0 Å². The second-order valence-corrected chi connectivity index (χ2v) is 4.98. The van der Waals surface area contributed by atoms with Gasteiger partial charge in [0.15, 0.2) is 0 Å². The average Bonchev–Trinajstić information content (AvgIpc) is 2.15. The summed E-state index contributed by atoms with van der Waals surface area (Å²) < 4.78 is 12.7. The monoisotopic (exact) mass is 211 g/mol. The Morgan fingerprint density at radius 2 is 2.00 bits per heavy atom. The molecule has 15 heavy (non-hydrogen) atoms. The van der Waals surface area contributed by atoms with Crippen LogP contribution in [0.15, 0.2) is 0 Å². The van der Waals surface area contributed by atoms with Crippen molar-refractivity contribution in [2.24, 2.45) is 5.73 Å². The topological polar surface area (TPSA) is 53.1 Å². The van der Waals surface area contributed by atoms with E-state index in [0.717, 1.165) is 25.7 Å². The largest absolute Gasteiger partial charge is 0.324 e. The lowest BCUT2D eigenvalue weighted by Gasteiger charge is -2.45. The normalized spacial score (nSPS) is 38.3. The summed E-state index contributed by atoms with van der Waals surface area (Å²) >= 11 is 0. The molecule has 0 spiro atoms. The maximum atomic E-state index is 12.7. The van der Waals surface area contributed by atoms with Crippen LogP contribution < -0.4 is 5.73 Å². The molecule has 0 bridgehead atoms. The summed E-state index contributed by atoms with van der Waals surface area (Å²) in [7, 11) is 0. The van der Waals surface area contributed by atoms with Crippen molar-refractivity contribution < 1.29 is 4.39 Å². The van der Waals surface area contributed by atoms with Crippen LogP contribution in [0, 0.1) is 11.3 Å². The first-order valence-corrected chi connectivity index (χ1v) is 5.67. The summed E-state index contributed by atoms with van der Waals surface area (Å²) in [5, 5.41) is 8.66. The molecule has 2 aliphatic rings. The van der Waals surface area contributed by atoms with Crippen molar-refractivity contribution in [1.29, 1.82) is 5.26 Å². The molecular formula is C11H18FN3. The molecule has 0 amide bonds. The first-order chi connectivity index (χ1) is 7.13. The first kappa shape index (κ1) is 10.8. The zero-order valence-corrected chi connectivity index (χ0v) is 8.95. The highest BCUT2D eigenvalue weighted by Crippen LogP contribution is 2.33. The second-order valence-electron chi connectivity index (χ2n) is 4.98. The van der Waals surface area contributed by atoms with E-state index in [-0.39, 0.29) is 5.54 Å².